The lowest BCUT2D eigenvalue weighted by Gasteiger charge is -2.03. The number of halogens is 3. The first-order valence-corrected chi connectivity index (χ1v) is 5.52. The first kappa shape index (κ1) is 12.7. The standard InChI is InChI=1S/C11H13F3N4/c1-3-8-6-9(17(2)15-8)7-18-5-4-10(16-18)11(12,13)14/h4-6H,3,7H2,1-2H3. The Morgan fingerprint density at radius 3 is 2.50 bits per heavy atom. The summed E-state index contributed by atoms with van der Waals surface area (Å²) in [4.78, 5) is 0. The van der Waals surface area contributed by atoms with E-state index in [0.29, 0.717) is 0 Å². The Labute approximate surface area is 102 Å². The molecule has 0 fully saturated rings. The second-order valence-electron chi connectivity index (χ2n) is 4.00. The summed E-state index contributed by atoms with van der Waals surface area (Å²) in [5.41, 5.74) is 0.861. The minimum Gasteiger partial charge on any atom is -0.270 e. The molecule has 0 radical (unpaired) electrons. The van der Waals surface area contributed by atoms with Gasteiger partial charge in [0.2, 0.25) is 0 Å². The smallest absolute Gasteiger partial charge is 0.270 e. The van der Waals surface area contributed by atoms with Crippen LogP contribution in [0, 0.1) is 0 Å². The average molecular weight is 258 g/mol. The van der Waals surface area contributed by atoms with Gasteiger partial charge in [0.05, 0.1) is 17.9 Å². The van der Waals surface area contributed by atoms with Crippen LogP contribution < -0.4 is 0 Å². The fraction of sp³-hybridized carbons (Fsp3) is 0.455. The molecule has 0 aromatic carbocycles. The number of hydrogen-bond acceptors (Lipinski definition) is 2. The number of nitrogens with zero attached hydrogens (tertiary/aromatic N) is 4. The molecule has 0 saturated heterocycles. The Balaban J connectivity index is 2.18. The third-order valence-electron chi connectivity index (χ3n) is 2.64. The molecule has 0 bridgehead atoms. The fourth-order valence-corrected chi connectivity index (χ4v) is 1.66. The molecule has 0 N–H and O–H groups in total. The second kappa shape index (κ2) is 4.47. The van der Waals surface area contributed by atoms with Crippen molar-refractivity contribution in [3.8, 4) is 0 Å². The maximum Gasteiger partial charge on any atom is 0.435 e. The van der Waals surface area contributed by atoms with Crippen molar-refractivity contribution in [2.24, 2.45) is 7.05 Å². The quantitative estimate of drug-likeness (QED) is 0.846. The summed E-state index contributed by atoms with van der Waals surface area (Å²) >= 11 is 0. The zero-order valence-corrected chi connectivity index (χ0v) is 10.1. The molecule has 0 spiro atoms. The monoisotopic (exact) mass is 258 g/mol. The highest BCUT2D eigenvalue weighted by atomic mass is 19.4. The summed E-state index contributed by atoms with van der Waals surface area (Å²) in [6.45, 7) is 2.25. The number of aromatic nitrogens is 4. The van der Waals surface area contributed by atoms with Gasteiger partial charge in [-0.1, -0.05) is 6.92 Å². The molecule has 0 amide bonds. The van der Waals surface area contributed by atoms with E-state index in [9.17, 15) is 13.2 Å². The van der Waals surface area contributed by atoms with E-state index in [1.807, 2.05) is 13.0 Å². The lowest BCUT2D eigenvalue weighted by molar-refractivity contribution is -0.141. The highest BCUT2D eigenvalue weighted by Crippen LogP contribution is 2.27. The lowest BCUT2D eigenvalue weighted by Crippen LogP contribution is -2.10. The summed E-state index contributed by atoms with van der Waals surface area (Å²) in [6, 6.07) is 2.84. The largest absolute Gasteiger partial charge is 0.435 e. The van der Waals surface area contributed by atoms with Gasteiger partial charge in [-0.2, -0.15) is 23.4 Å². The van der Waals surface area contributed by atoms with Crippen molar-refractivity contribution in [2.75, 3.05) is 0 Å². The van der Waals surface area contributed by atoms with Crippen molar-refractivity contribution in [1.29, 1.82) is 0 Å². The van der Waals surface area contributed by atoms with Crippen LogP contribution in [0.4, 0.5) is 13.2 Å². The molecule has 0 atom stereocenters. The van der Waals surface area contributed by atoms with E-state index >= 15 is 0 Å². The van der Waals surface area contributed by atoms with Crippen molar-refractivity contribution >= 4 is 0 Å². The molecule has 2 aromatic rings. The Bertz CT molecular complexity index is 539. The lowest BCUT2D eigenvalue weighted by atomic mass is 10.3. The molecule has 0 saturated carbocycles. The Hall–Kier alpha value is -1.79. The Kier molecular flexibility index (Phi) is 3.14. The van der Waals surface area contributed by atoms with Crippen molar-refractivity contribution < 1.29 is 13.2 Å². The predicted octanol–water partition coefficient (Wildman–Crippen LogP) is 2.25. The van der Waals surface area contributed by atoms with Crippen molar-refractivity contribution in [1.82, 2.24) is 19.6 Å². The van der Waals surface area contributed by atoms with E-state index in [1.165, 1.54) is 10.9 Å². The predicted molar refractivity (Wildman–Crippen MR) is 58.9 cm³/mol. The van der Waals surface area contributed by atoms with Gasteiger partial charge in [-0.3, -0.25) is 9.36 Å². The van der Waals surface area contributed by atoms with E-state index in [0.717, 1.165) is 23.9 Å². The number of alkyl halides is 3. The summed E-state index contributed by atoms with van der Waals surface area (Å²) in [5.74, 6) is 0. The van der Waals surface area contributed by atoms with Crippen molar-refractivity contribution in [3.05, 3.63) is 35.4 Å². The van der Waals surface area contributed by atoms with Gasteiger partial charge in [-0.15, -0.1) is 0 Å². The van der Waals surface area contributed by atoms with Gasteiger partial charge in [0.25, 0.3) is 0 Å². The maximum atomic E-state index is 12.4. The third-order valence-corrected chi connectivity index (χ3v) is 2.64. The van der Waals surface area contributed by atoms with Crippen LogP contribution in [0.2, 0.25) is 0 Å². The van der Waals surface area contributed by atoms with Gasteiger partial charge in [0, 0.05) is 13.2 Å². The number of aryl methyl sites for hydroxylation is 2. The normalized spacial score (nSPS) is 12.1. The van der Waals surface area contributed by atoms with Crippen LogP contribution in [0.25, 0.3) is 0 Å². The van der Waals surface area contributed by atoms with Crippen molar-refractivity contribution in [2.45, 2.75) is 26.1 Å². The highest BCUT2D eigenvalue weighted by molar-refractivity contribution is 5.11. The van der Waals surface area contributed by atoms with Crippen LogP contribution in [0.3, 0.4) is 0 Å². The molecule has 2 heterocycles. The van der Waals surface area contributed by atoms with Crippen molar-refractivity contribution in [3.63, 3.8) is 0 Å². The number of hydrogen-bond donors (Lipinski definition) is 0. The molecule has 7 heteroatoms. The van der Waals surface area contributed by atoms with E-state index in [-0.39, 0.29) is 6.54 Å². The summed E-state index contributed by atoms with van der Waals surface area (Å²) in [6.07, 6.45) is -2.28. The molecule has 0 aliphatic heterocycles. The van der Waals surface area contributed by atoms with Gasteiger partial charge < -0.3 is 0 Å². The molecule has 4 nitrogen and oxygen atoms in total. The van der Waals surface area contributed by atoms with Gasteiger partial charge in [-0.05, 0) is 18.6 Å². The SMILES string of the molecule is CCc1cc(Cn2ccc(C(F)(F)F)n2)n(C)n1. The Morgan fingerprint density at radius 2 is 2.00 bits per heavy atom. The van der Waals surface area contributed by atoms with Crippen LogP contribution in [0.5, 0.6) is 0 Å². The van der Waals surface area contributed by atoms with Gasteiger partial charge in [0.15, 0.2) is 5.69 Å². The van der Waals surface area contributed by atoms with E-state index in [4.69, 9.17) is 0 Å². The highest BCUT2D eigenvalue weighted by Gasteiger charge is 2.33. The van der Waals surface area contributed by atoms with Crippen LogP contribution in [-0.2, 0) is 26.2 Å². The molecule has 0 aliphatic carbocycles. The molecular formula is C11H13F3N4. The minimum absolute atomic E-state index is 0.277. The van der Waals surface area contributed by atoms with Gasteiger partial charge in [0.1, 0.15) is 0 Å². The van der Waals surface area contributed by atoms with Crippen LogP contribution in [0.1, 0.15) is 24.0 Å². The first-order chi connectivity index (χ1) is 8.40. The average Bonchev–Trinajstić information content (AvgIpc) is 2.86. The van der Waals surface area contributed by atoms with Gasteiger partial charge in [-0.25, -0.2) is 0 Å². The van der Waals surface area contributed by atoms with Gasteiger partial charge >= 0.3 is 6.18 Å². The molecule has 2 aromatic heterocycles. The molecule has 0 aliphatic rings. The first-order valence-electron chi connectivity index (χ1n) is 5.52. The summed E-state index contributed by atoms with van der Waals surface area (Å²) in [7, 11) is 1.77. The molecule has 0 unspecified atom stereocenters. The molecule has 98 valence electrons. The summed E-state index contributed by atoms with van der Waals surface area (Å²) < 4.78 is 40.1. The topological polar surface area (TPSA) is 35.6 Å². The zero-order chi connectivity index (χ0) is 13.3. The number of rotatable bonds is 3. The van der Waals surface area contributed by atoms with E-state index in [2.05, 4.69) is 10.2 Å². The molecule has 18 heavy (non-hydrogen) atoms. The third kappa shape index (κ3) is 2.55. The van der Waals surface area contributed by atoms with Crippen LogP contribution in [-0.4, -0.2) is 19.6 Å². The van der Waals surface area contributed by atoms with E-state index in [1.54, 1.807) is 11.7 Å². The van der Waals surface area contributed by atoms with Crippen LogP contribution in [0.15, 0.2) is 18.3 Å². The van der Waals surface area contributed by atoms with E-state index < -0.39 is 11.9 Å². The maximum absolute atomic E-state index is 12.4. The summed E-state index contributed by atoms with van der Waals surface area (Å²) in [5, 5.41) is 7.74. The molecule has 2 rings (SSSR count). The molecular weight excluding hydrogens is 245 g/mol. The van der Waals surface area contributed by atoms with Crippen LogP contribution >= 0.6 is 0 Å². The minimum atomic E-state index is -4.40. The zero-order valence-electron chi connectivity index (χ0n) is 10.1. The fourth-order valence-electron chi connectivity index (χ4n) is 1.66. The second-order valence-corrected chi connectivity index (χ2v) is 4.00. The Morgan fingerprint density at radius 1 is 1.28 bits per heavy atom.